The topological polar surface area (TPSA) is 18.5 Å². The molecule has 0 aliphatic heterocycles. The van der Waals surface area contributed by atoms with Gasteiger partial charge in [0.1, 0.15) is 0 Å². The molecule has 3 heteroatoms. The average Bonchev–Trinajstić information content (AvgIpc) is 2.53. The van der Waals surface area contributed by atoms with Crippen LogP contribution in [0, 0.1) is 12.8 Å². The Morgan fingerprint density at radius 2 is 1.71 bits per heavy atom. The molecule has 0 spiro atoms. The number of halogens is 1. The van der Waals surface area contributed by atoms with Crippen LogP contribution in [-0.4, -0.2) is 14.2 Å². The van der Waals surface area contributed by atoms with Gasteiger partial charge in [-0.3, -0.25) is 0 Å². The lowest BCUT2D eigenvalue weighted by molar-refractivity contribution is 0.332. The number of aryl methyl sites for hydroxylation is 1. The number of alkyl halides is 1. The summed E-state index contributed by atoms with van der Waals surface area (Å²) >= 11 is 3.88. The highest BCUT2D eigenvalue weighted by atomic mass is 79.9. The van der Waals surface area contributed by atoms with Crippen molar-refractivity contribution in [1.29, 1.82) is 0 Å². The van der Waals surface area contributed by atoms with Gasteiger partial charge in [0.05, 0.1) is 14.2 Å². The van der Waals surface area contributed by atoms with Crippen molar-refractivity contribution in [3.8, 4) is 11.5 Å². The molecule has 0 aromatic heterocycles. The lowest BCUT2D eigenvalue weighted by atomic mass is 9.85. The van der Waals surface area contributed by atoms with Gasteiger partial charge in [0.2, 0.25) is 0 Å². The molecule has 0 bridgehead atoms. The predicted molar refractivity (Wildman–Crippen MR) is 91.8 cm³/mol. The molecule has 2 rings (SSSR count). The number of hydrogen-bond acceptors (Lipinski definition) is 2. The van der Waals surface area contributed by atoms with Crippen molar-refractivity contribution in [2.45, 2.75) is 56.7 Å². The Morgan fingerprint density at radius 3 is 2.33 bits per heavy atom. The summed E-state index contributed by atoms with van der Waals surface area (Å²) in [5, 5.41) is 0. The molecule has 1 aromatic carbocycles. The molecule has 1 unspecified atom stereocenters. The van der Waals surface area contributed by atoms with Crippen LogP contribution < -0.4 is 9.47 Å². The summed E-state index contributed by atoms with van der Waals surface area (Å²) in [4.78, 5) is 0.402. The van der Waals surface area contributed by atoms with Crippen LogP contribution in [-0.2, 0) is 0 Å². The summed E-state index contributed by atoms with van der Waals surface area (Å²) in [6, 6.07) is 4.19. The van der Waals surface area contributed by atoms with Crippen LogP contribution in [0.5, 0.6) is 11.5 Å². The molecule has 21 heavy (non-hydrogen) atoms. The van der Waals surface area contributed by atoms with E-state index in [2.05, 4.69) is 35.0 Å². The first-order chi connectivity index (χ1) is 10.2. The van der Waals surface area contributed by atoms with Gasteiger partial charge in [-0.25, -0.2) is 0 Å². The molecule has 2 nitrogen and oxygen atoms in total. The van der Waals surface area contributed by atoms with Crippen LogP contribution in [0.4, 0.5) is 0 Å². The van der Waals surface area contributed by atoms with Crippen molar-refractivity contribution in [1.82, 2.24) is 0 Å². The van der Waals surface area contributed by atoms with Crippen LogP contribution in [0.2, 0.25) is 0 Å². The molecule has 1 atom stereocenters. The van der Waals surface area contributed by atoms with Crippen molar-refractivity contribution < 1.29 is 9.47 Å². The molecule has 0 heterocycles. The predicted octanol–water partition coefficient (Wildman–Crippen LogP) is 5.81. The highest BCUT2D eigenvalue weighted by Gasteiger charge is 2.18. The number of benzene rings is 1. The van der Waals surface area contributed by atoms with Crippen LogP contribution in [0.3, 0.4) is 0 Å². The normalized spacial score (nSPS) is 17.5. The Hall–Kier alpha value is -0.700. The highest BCUT2D eigenvalue weighted by molar-refractivity contribution is 9.09. The van der Waals surface area contributed by atoms with Gasteiger partial charge in [0.15, 0.2) is 11.5 Å². The second-order valence-corrected chi connectivity index (χ2v) is 7.22. The maximum Gasteiger partial charge on any atom is 0.161 e. The van der Waals surface area contributed by atoms with Crippen molar-refractivity contribution in [3.63, 3.8) is 0 Å². The Kier molecular flexibility index (Phi) is 6.40. The fourth-order valence-electron chi connectivity index (χ4n) is 3.35. The molecule has 1 aliphatic rings. The molecule has 1 aromatic rings. The van der Waals surface area contributed by atoms with Crippen molar-refractivity contribution in [2.24, 2.45) is 5.92 Å². The summed E-state index contributed by atoms with van der Waals surface area (Å²) in [5.41, 5.74) is 2.58. The van der Waals surface area contributed by atoms with Crippen LogP contribution in [0.25, 0.3) is 0 Å². The molecule has 0 N–H and O–H groups in total. The summed E-state index contributed by atoms with van der Waals surface area (Å²) < 4.78 is 10.8. The minimum Gasteiger partial charge on any atom is -0.493 e. The summed E-state index contributed by atoms with van der Waals surface area (Å²) in [6.45, 7) is 2.15. The quantitative estimate of drug-likeness (QED) is 0.600. The van der Waals surface area contributed by atoms with Crippen LogP contribution in [0.1, 0.15) is 60.9 Å². The van der Waals surface area contributed by atoms with E-state index in [9.17, 15) is 0 Å². The van der Waals surface area contributed by atoms with Crippen molar-refractivity contribution >= 4 is 15.9 Å². The van der Waals surface area contributed by atoms with Gasteiger partial charge in [0.25, 0.3) is 0 Å². The molecular weight excluding hydrogens is 328 g/mol. The van der Waals surface area contributed by atoms with E-state index in [1.807, 2.05) is 0 Å². The first kappa shape index (κ1) is 16.7. The fourth-order valence-corrected chi connectivity index (χ4v) is 4.10. The van der Waals surface area contributed by atoms with Crippen LogP contribution >= 0.6 is 15.9 Å². The van der Waals surface area contributed by atoms with Gasteiger partial charge in [0, 0.05) is 4.83 Å². The minimum atomic E-state index is 0.402. The van der Waals surface area contributed by atoms with E-state index in [-0.39, 0.29) is 0 Å². The number of methoxy groups -OCH3 is 2. The Balaban J connectivity index is 2.02. The van der Waals surface area contributed by atoms with E-state index in [4.69, 9.17) is 9.47 Å². The van der Waals surface area contributed by atoms with Gasteiger partial charge in [-0.2, -0.15) is 0 Å². The van der Waals surface area contributed by atoms with E-state index in [1.54, 1.807) is 14.2 Å². The smallest absolute Gasteiger partial charge is 0.161 e. The van der Waals surface area contributed by atoms with E-state index in [0.717, 1.165) is 17.4 Å². The first-order valence-corrected chi connectivity index (χ1v) is 8.94. The minimum absolute atomic E-state index is 0.402. The summed E-state index contributed by atoms with van der Waals surface area (Å²) in [5.74, 6) is 2.56. The third kappa shape index (κ3) is 4.38. The zero-order valence-corrected chi connectivity index (χ0v) is 15.0. The SMILES string of the molecule is COc1cc(C)c(C(Br)CCC2CCCCC2)cc1OC. The van der Waals surface area contributed by atoms with Gasteiger partial charge < -0.3 is 9.47 Å². The molecule has 0 saturated heterocycles. The highest BCUT2D eigenvalue weighted by Crippen LogP contribution is 2.39. The number of ether oxygens (including phenoxy) is 2. The molecular formula is C18H27BrO2. The Bertz CT molecular complexity index is 453. The molecule has 118 valence electrons. The van der Waals surface area contributed by atoms with Crippen LogP contribution in [0.15, 0.2) is 12.1 Å². The van der Waals surface area contributed by atoms with Crippen molar-refractivity contribution in [2.75, 3.05) is 14.2 Å². The molecule has 0 amide bonds. The summed E-state index contributed by atoms with van der Waals surface area (Å²) in [7, 11) is 3.38. The van der Waals surface area contributed by atoms with Gasteiger partial charge in [-0.1, -0.05) is 48.0 Å². The molecule has 0 radical (unpaired) electrons. The monoisotopic (exact) mass is 354 g/mol. The van der Waals surface area contributed by atoms with Crippen molar-refractivity contribution in [3.05, 3.63) is 23.3 Å². The average molecular weight is 355 g/mol. The molecule has 1 aliphatic carbocycles. The van der Waals surface area contributed by atoms with Gasteiger partial charge in [-0.15, -0.1) is 0 Å². The van der Waals surface area contributed by atoms with E-state index in [1.165, 1.54) is 56.1 Å². The van der Waals surface area contributed by atoms with Gasteiger partial charge >= 0.3 is 0 Å². The number of hydrogen-bond donors (Lipinski definition) is 0. The fraction of sp³-hybridized carbons (Fsp3) is 0.667. The largest absolute Gasteiger partial charge is 0.493 e. The zero-order valence-electron chi connectivity index (χ0n) is 13.5. The summed E-state index contributed by atoms with van der Waals surface area (Å²) in [6.07, 6.45) is 9.64. The third-order valence-electron chi connectivity index (χ3n) is 4.66. The maximum absolute atomic E-state index is 5.43. The first-order valence-electron chi connectivity index (χ1n) is 8.02. The standard InChI is InChI=1S/C18H27BrO2/c1-13-11-17(20-2)18(21-3)12-15(13)16(19)10-9-14-7-5-4-6-8-14/h11-12,14,16H,4-10H2,1-3H3. The van der Waals surface area contributed by atoms with E-state index < -0.39 is 0 Å². The number of rotatable bonds is 6. The molecule has 1 saturated carbocycles. The second kappa shape index (κ2) is 8.07. The Labute approximate surface area is 137 Å². The Morgan fingerprint density at radius 1 is 1.10 bits per heavy atom. The second-order valence-electron chi connectivity index (χ2n) is 6.11. The third-order valence-corrected chi connectivity index (χ3v) is 5.61. The van der Waals surface area contributed by atoms with E-state index in [0.29, 0.717) is 4.83 Å². The lowest BCUT2D eigenvalue weighted by Gasteiger charge is -2.23. The zero-order chi connectivity index (χ0) is 15.2. The molecule has 1 fully saturated rings. The van der Waals surface area contributed by atoms with E-state index >= 15 is 0 Å². The lowest BCUT2D eigenvalue weighted by Crippen LogP contribution is -2.07. The maximum atomic E-state index is 5.43. The van der Waals surface area contributed by atoms with Gasteiger partial charge in [-0.05, 0) is 48.9 Å².